The van der Waals surface area contributed by atoms with Crippen LogP contribution in [0.5, 0.6) is 11.5 Å². The van der Waals surface area contributed by atoms with Crippen LogP contribution < -0.4 is 14.8 Å². The molecule has 0 bridgehead atoms. The Labute approximate surface area is 195 Å². The van der Waals surface area contributed by atoms with Gasteiger partial charge >= 0.3 is 6.03 Å². The number of methoxy groups -OCH3 is 2. The van der Waals surface area contributed by atoms with Crippen LogP contribution in [0.4, 0.5) is 4.79 Å². The predicted octanol–water partition coefficient (Wildman–Crippen LogP) is 3.87. The molecule has 0 spiro atoms. The number of fused-ring (bicyclic) bond motifs is 1. The predicted molar refractivity (Wildman–Crippen MR) is 123 cm³/mol. The molecule has 1 aliphatic rings. The zero-order valence-corrected chi connectivity index (χ0v) is 18.9. The van der Waals surface area contributed by atoms with Crippen LogP contribution in [0.3, 0.4) is 0 Å². The van der Waals surface area contributed by atoms with E-state index in [-0.39, 0.29) is 18.3 Å². The van der Waals surface area contributed by atoms with Crippen LogP contribution in [0.15, 0.2) is 65.2 Å². The summed E-state index contributed by atoms with van der Waals surface area (Å²) in [6, 6.07) is 18.1. The summed E-state index contributed by atoms with van der Waals surface area (Å²) in [5.41, 5.74) is 0.0942. The molecule has 0 radical (unpaired) electrons. The quantitative estimate of drug-likeness (QED) is 0.437. The number of aromatic nitrogens is 2. The van der Waals surface area contributed by atoms with E-state index in [1.807, 2.05) is 42.5 Å². The molecule has 172 valence electrons. The normalized spacial score (nSPS) is 17.8. The molecule has 1 aromatic heterocycles. The fraction of sp³-hybridized carbons (Fsp3) is 0.200. The van der Waals surface area contributed by atoms with E-state index in [0.29, 0.717) is 17.1 Å². The molecule has 9 nitrogen and oxygen atoms in total. The first-order valence-corrected chi connectivity index (χ1v) is 10.6. The van der Waals surface area contributed by atoms with Crippen LogP contribution in [0.2, 0.25) is 0 Å². The van der Waals surface area contributed by atoms with Crippen molar-refractivity contribution >= 4 is 22.7 Å². The lowest BCUT2D eigenvalue weighted by Crippen LogP contribution is -2.41. The summed E-state index contributed by atoms with van der Waals surface area (Å²) in [7, 11) is 3.09. The Bertz CT molecular complexity index is 1410. The van der Waals surface area contributed by atoms with Crippen molar-refractivity contribution in [2.45, 2.75) is 19.0 Å². The van der Waals surface area contributed by atoms with Crippen molar-refractivity contribution in [3.63, 3.8) is 0 Å². The van der Waals surface area contributed by atoms with Crippen molar-refractivity contribution in [2.75, 3.05) is 14.2 Å². The van der Waals surface area contributed by atoms with Crippen LogP contribution >= 0.6 is 0 Å². The van der Waals surface area contributed by atoms with Crippen molar-refractivity contribution in [2.24, 2.45) is 0 Å². The van der Waals surface area contributed by atoms with Crippen molar-refractivity contribution < 1.29 is 23.6 Å². The zero-order valence-electron chi connectivity index (χ0n) is 18.9. The number of amides is 3. The lowest BCUT2D eigenvalue weighted by Gasteiger charge is -2.23. The van der Waals surface area contributed by atoms with Gasteiger partial charge in [-0.05, 0) is 35.4 Å². The number of hydrogen-bond donors (Lipinski definition) is 1. The van der Waals surface area contributed by atoms with E-state index in [9.17, 15) is 9.59 Å². The number of nitrogens with one attached hydrogen (secondary N) is 1. The number of urea groups is 1. The molecule has 2 heterocycles. The van der Waals surface area contributed by atoms with Gasteiger partial charge in [-0.1, -0.05) is 47.6 Å². The minimum Gasteiger partial charge on any atom is -0.497 e. The molecule has 0 aliphatic carbocycles. The second-order valence-electron chi connectivity index (χ2n) is 8.05. The standard InChI is InChI=1S/C25H22N4O5/c1-25(19-10-6-8-15-7-4-5-9-17(15)19)23(30)29(24(31)27-25)14-21-26-22(28-34-21)18-12-11-16(32-2)13-20(18)33-3/h4-13H,14H2,1-3H3,(H,27,31)/t25-/m0/s1. The van der Waals surface area contributed by atoms with E-state index in [4.69, 9.17) is 14.0 Å². The van der Waals surface area contributed by atoms with E-state index in [1.54, 1.807) is 32.2 Å². The molecule has 1 aliphatic heterocycles. The van der Waals surface area contributed by atoms with Crippen molar-refractivity contribution in [1.29, 1.82) is 0 Å². The first-order chi connectivity index (χ1) is 16.4. The summed E-state index contributed by atoms with van der Waals surface area (Å²) in [6.45, 7) is 1.55. The molecule has 1 atom stereocenters. The molecule has 0 saturated carbocycles. The molecule has 1 saturated heterocycles. The summed E-state index contributed by atoms with van der Waals surface area (Å²) in [5, 5.41) is 8.72. The Balaban J connectivity index is 1.43. The fourth-order valence-corrected chi connectivity index (χ4v) is 4.23. The molecule has 1 fully saturated rings. The number of benzene rings is 3. The van der Waals surface area contributed by atoms with Crippen molar-refractivity contribution in [3.8, 4) is 22.9 Å². The highest BCUT2D eigenvalue weighted by Gasteiger charge is 2.50. The van der Waals surface area contributed by atoms with Crippen molar-refractivity contribution in [3.05, 3.63) is 72.1 Å². The van der Waals surface area contributed by atoms with Crippen LogP contribution in [0, 0.1) is 0 Å². The number of nitrogens with zero attached hydrogens (tertiary/aromatic N) is 3. The lowest BCUT2D eigenvalue weighted by molar-refractivity contribution is -0.131. The third-order valence-corrected chi connectivity index (χ3v) is 6.01. The molecule has 34 heavy (non-hydrogen) atoms. The van der Waals surface area contributed by atoms with Crippen LogP contribution in [-0.2, 0) is 16.9 Å². The molecule has 0 unspecified atom stereocenters. The van der Waals surface area contributed by atoms with Crippen LogP contribution in [0.25, 0.3) is 22.2 Å². The van der Waals surface area contributed by atoms with Gasteiger partial charge in [0.2, 0.25) is 11.7 Å². The molecular weight excluding hydrogens is 436 g/mol. The van der Waals surface area contributed by atoms with Gasteiger partial charge in [0.15, 0.2) is 0 Å². The Morgan fingerprint density at radius 1 is 1.03 bits per heavy atom. The van der Waals surface area contributed by atoms with E-state index >= 15 is 0 Å². The molecule has 5 rings (SSSR count). The van der Waals surface area contributed by atoms with Crippen LogP contribution in [-0.4, -0.2) is 41.2 Å². The summed E-state index contributed by atoms with van der Waals surface area (Å²) in [5.74, 6) is 1.13. The van der Waals surface area contributed by atoms with Crippen LogP contribution in [0.1, 0.15) is 18.4 Å². The number of carbonyl (C=O) groups excluding carboxylic acids is 2. The van der Waals surface area contributed by atoms with Gasteiger partial charge in [0.05, 0.1) is 19.8 Å². The van der Waals surface area contributed by atoms with Gasteiger partial charge in [-0.2, -0.15) is 4.98 Å². The molecule has 3 amide bonds. The third kappa shape index (κ3) is 3.42. The molecule has 9 heteroatoms. The van der Waals surface area contributed by atoms with Gasteiger partial charge in [-0.15, -0.1) is 0 Å². The van der Waals surface area contributed by atoms with Gasteiger partial charge in [0.25, 0.3) is 5.91 Å². The molecule has 3 aromatic carbocycles. The molecule has 4 aromatic rings. The van der Waals surface area contributed by atoms with Gasteiger partial charge in [-0.3, -0.25) is 9.69 Å². The maximum Gasteiger partial charge on any atom is 0.325 e. The second kappa shape index (κ2) is 8.18. The van der Waals surface area contributed by atoms with E-state index in [0.717, 1.165) is 21.2 Å². The van der Waals surface area contributed by atoms with E-state index in [2.05, 4.69) is 15.5 Å². The summed E-state index contributed by atoms with van der Waals surface area (Å²) < 4.78 is 16.0. The first kappa shape index (κ1) is 21.4. The monoisotopic (exact) mass is 458 g/mol. The smallest absolute Gasteiger partial charge is 0.325 e. The zero-order chi connectivity index (χ0) is 23.9. The number of ether oxygens (including phenoxy) is 2. The summed E-state index contributed by atoms with van der Waals surface area (Å²) >= 11 is 0. The Morgan fingerprint density at radius 3 is 2.62 bits per heavy atom. The Hall–Kier alpha value is -4.40. The summed E-state index contributed by atoms with van der Waals surface area (Å²) in [4.78, 5) is 31.7. The third-order valence-electron chi connectivity index (χ3n) is 6.01. The van der Waals surface area contributed by atoms with Gasteiger partial charge < -0.3 is 19.3 Å². The highest BCUT2D eigenvalue weighted by molar-refractivity contribution is 6.09. The van der Waals surface area contributed by atoms with E-state index in [1.165, 1.54) is 7.11 Å². The van der Waals surface area contributed by atoms with Gasteiger partial charge in [-0.25, -0.2) is 4.79 Å². The SMILES string of the molecule is COc1ccc(-c2noc(CN3C(=O)N[C@@](C)(c4cccc5ccccc45)C3=O)n2)c(OC)c1. The highest BCUT2D eigenvalue weighted by atomic mass is 16.5. The number of hydrogen-bond acceptors (Lipinski definition) is 7. The largest absolute Gasteiger partial charge is 0.497 e. The van der Waals surface area contributed by atoms with Crippen molar-refractivity contribution in [1.82, 2.24) is 20.4 Å². The lowest BCUT2D eigenvalue weighted by atomic mass is 9.88. The topological polar surface area (TPSA) is 107 Å². The number of rotatable bonds is 6. The second-order valence-corrected chi connectivity index (χ2v) is 8.05. The Kier molecular flexibility index (Phi) is 5.16. The number of imide groups is 1. The van der Waals surface area contributed by atoms with Gasteiger partial charge in [0.1, 0.15) is 23.6 Å². The summed E-state index contributed by atoms with van der Waals surface area (Å²) in [6.07, 6.45) is 0. The minimum absolute atomic E-state index is 0.124. The first-order valence-electron chi connectivity index (χ1n) is 10.6. The maximum absolute atomic E-state index is 13.5. The molecule has 1 N–H and O–H groups in total. The average molecular weight is 458 g/mol. The average Bonchev–Trinajstić information content (AvgIpc) is 3.42. The Morgan fingerprint density at radius 2 is 1.82 bits per heavy atom. The van der Waals surface area contributed by atoms with E-state index < -0.39 is 17.5 Å². The molecular formula is C25H22N4O5. The fourth-order valence-electron chi connectivity index (χ4n) is 4.23. The minimum atomic E-state index is -1.22. The maximum atomic E-state index is 13.5. The van der Waals surface area contributed by atoms with Gasteiger partial charge in [0, 0.05) is 6.07 Å². The highest BCUT2D eigenvalue weighted by Crippen LogP contribution is 2.35. The number of carbonyl (C=O) groups is 2.